The lowest BCUT2D eigenvalue weighted by atomic mass is 9.97. The number of fused-ring (bicyclic) bond motifs is 2. The molecule has 0 aliphatic heterocycles. The van der Waals surface area contributed by atoms with Crippen molar-refractivity contribution in [3.05, 3.63) is 96.6 Å². The second kappa shape index (κ2) is 9.79. The van der Waals surface area contributed by atoms with Gasteiger partial charge in [0, 0.05) is 5.56 Å². The Bertz CT molecular complexity index is 1260. The van der Waals surface area contributed by atoms with Gasteiger partial charge in [0.2, 0.25) is 0 Å². The van der Waals surface area contributed by atoms with E-state index in [9.17, 15) is 4.79 Å². The molecule has 0 saturated carbocycles. The van der Waals surface area contributed by atoms with Crippen molar-refractivity contribution in [1.82, 2.24) is 5.43 Å². The molecule has 0 saturated heterocycles. The summed E-state index contributed by atoms with van der Waals surface area (Å²) in [5.41, 5.74) is 4.57. The number of methoxy groups -OCH3 is 1. The zero-order chi connectivity index (χ0) is 22.3. The van der Waals surface area contributed by atoms with Crippen molar-refractivity contribution in [2.75, 3.05) is 13.7 Å². The molecule has 5 nitrogen and oxygen atoms in total. The summed E-state index contributed by atoms with van der Waals surface area (Å²) >= 11 is 0. The summed E-state index contributed by atoms with van der Waals surface area (Å²) in [7, 11) is 1.57. The second-order valence-electron chi connectivity index (χ2n) is 7.29. The quantitative estimate of drug-likeness (QED) is 0.182. The van der Waals surface area contributed by atoms with Gasteiger partial charge in [-0.2, -0.15) is 5.10 Å². The Morgan fingerprint density at radius 1 is 0.969 bits per heavy atom. The van der Waals surface area contributed by atoms with Crippen molar-refractivity contribution in [2.45, 2.75) is 6.42 Å². The fraction of sp³-hybridized carbons (Fsp3) is 0.111. The molecule has 0 aromatic heterocycles. The van der Waals surface area contributed by atoms with Crippen LogP contribution in [0.2, 0.25) is 0 Å². The Morgan fingerprint density at radius 3 is 2.31 bits per heavy atom. The maximum absolute atomic E-state index is 12.3. The third-order valence-corrected chi connectivity index (χ3v) is 5.16. The smallest absolute Gasteiger partial charge is 0.277 e. The first-order chi connectivity index (χ1) is 15.7. The largest absolute Gasteiger partial charge is 0.493 e. The molecule has 1 N–H and O–H groups in total. The van der Waals surface area contributed by atoms with E-state index in [0.717, 1.165) is 39.1 Å². The number of carbonyl (C=O) groups is 1. The van der Waals surface area contributed by atoms with Crippen LogP contribution in [0.25, 0.3) is 21.5 Å². The monoisotopic (exact) mass is 424 g/mol. The summed E-state index contributed by atoms with van der Waals surface area (Å²) in [6, 6.07) is 24.0. The third-order valence-electron chi connectivity index (χ3n) is 5.16. The number of nitrogens with one attached hydrogen (secondary N) is 1. The van der Waals surface area contributed by atoms with E-state index < -0.39 is 0 Å². The van der Waals surface area contributed by atoms with Gasteiger partial charge in [-0.25, -0.2) is 5.43 Å². The fourth-order valence-corrected chi connectivity index (χ4v) is 3.66. The number of nitrogens with zero attached hydrogens (tertiary/aromatic N) is 1. The Labute approximate surface area is 187 Å². The average Bonchev–Trinajstić information content (AvgIpc) is 2.82. The lowest BCUT2D eigenvalue weighted by Crippen LogP contribution is -2.24. The number of rotatable bonds is 8. The number of hydrogen-bond donors (Lipinski definition) is 1. The van der Waals surface area contributed by atoms with E-state index in [1.54, 1.807) is 19.4 Å². The van der Waals surface area contributed by atoms with Gasteiger partial charge in [-0.05, 0) is 51.7 Å². The topological polar surface area (TPSA) is 59.9 Å². The van der Waals surface area contributed by atoms with Crippen molar-refractivity contribution < 1.29 is 14.3 Å². The number of ether oxygens (including phenoxy) is 2. The maximum Gasteiger partial charge on any atom is 0.277 e. The van der Waals surface area contributed by atoms with E-state index in [4.69, 9.17) is 9.47 Å². The van der Waals surface area contributed by atoms with Gasteiger partial charge < -0.3 is 9.47 Å². The fourth-order valence-electron chi connectivity index (χ4n) is 3.66. The lowest BCUT2D eigenvalue weighted by Gasteiger charge is -2.11. The van der Waals surface area contributed by atoms with Crippen LogP contribution in [0, 0.1) is 0 Å². The number of carbonyl (C=O) groups excluding carboxylic acids is 1. The van der Waals surface area contributed by atoms with Crippen LogP contribution in [0.15, 0.2) is 90.6 Å². The first kappa shape index (κ1) is 21.1. The maximum atomic E-state index is 12.3. The Kier molecular flexibility index (Phi) is 6.46. The molecule has 0 fully saturated rings. The highest BCUT2D eigenvalue weighted by atomic mass is 16.5. The van der Waals surface area contributed by atoms with E-state index in [1.165, 1.54) is 0 Å². The average molecular weight is 425 g/mol. The molecule has 0 atom stereocenters. The molecule has 0 bridgehead atoms. The van der Waals surface area contributed by atoms with Crippen molar-refractivity contribution in [3.8, 4) is 11.5 Å². The second-order valence-corrected chi connectivity index (χ2v) is 7.29. The number of amides is 1. The highest BCUT2D eigenvalue weighted by Crippen LogP contribution is 2.29. The molecular formula is C27H24N2O3. The number of allylic oxidation sites excluding steroid dienone is 1. The number of benzene rings is 4. The molecule has 4 rings (SSSR count). The van der Waals surface area contributed by atoms with Crippen LogP contribution >= 0.6 is 0 Å². The normalized spacial score (nSPS) is 11.0. The minimum Gasteiger partial charge on any atom is -0.493 e. The van der Waals surface area contributed by atoms with Gasteiger partial charge in [0.25, 0.3) is 5.91 Å². The van der Waals surface area contributed by atoms with Crippen LogP contribution in [0.5, 0.6) is 11.5 Å². The molecule has 32 heavy (non-hydrogen) atoms. The van der Waals surface area contributed by atoms with Crippen LogP contribution in [-0.2, 0) is 11.2 Å². The molecule has 4 aromatic rings. The summed E-state index contributed by atoms with van der Waals surface area (Å²) in [4.78, 5) is 12.3. The molecular weight excluding hydrogens is 400 g/mol. The zero-order valence-electron chi connectivity index (χ0n) is 17.9. The van der Waals surface area contributed by atoms with E-state index in [0.29, 0.717) is 11.5 Å². The van der Waals surface area contributed by atoms with Crippen LogP contribution < -0.4 is 14.9 Å². The zero-order valence-corrected chi connectivity index (χ0v) is 17.9. The van der Waals surface area contributed by atoms with E-state index in [1.807, 2.05) is 42.5 Å². The van der Waals surface area contributed by atoms with Crippen LogP contribution in [0.4, 0.5) is 0 Å². The summed E-state index contributed by atoms with van der Waals surface area (Å²) in [6.07, 6.45) is 4.24. The first-order valence-corrected chi connectivity index (χ1v) is 10.3. The van der Waals surface area contributed by atoms with Gasteiger partial charge in [0.15, 0.2) is 18.1 Å². The highest BCUT2D eigenvalue weighted by molar-refractivity contribution is 6.13. The highest BCUT2D eigenvalue weighted by Gasteiger charge is 2.09. The van der Waals surface area contributed by atoms with Crippen LogP contribution in [0.3, 0.4) is 0 Å². The summed E-state index contributed by atoms with van der Waals surface area (Å²) in [5, 5.41) is 8.58. The predicted octanol–water partition coefficient (Wildman–Crippen LogP) is 5.26. The lowest BCUT2D eigenvalue weighted by molar-refractivity contribution is -0.123. The van der Waals surface area contributed by atoms with Crippen LogP contribution in [-0.4, -0.2) is 25.8 Å². The van der Waals surface area contributed by atoms with E-state index >= 15 is 0 Å². The Hall–Kier alpha value is -4.12. The molecule has 4 aromatic carbocycles. The van der Waals surface area contributed by atoms with Gasteiger partial charge in [-0.1, -0.05) is 60.7 Å². The molecule has 160 valence electrons. The van der Waals surface area contributed by atoms with Crippen molar-refractivity contribution >= 4 is 33.7 Å². The molecule has 1 amide bonds. The molecule has 0 radical (unpaired) electrons. The summed E-state index contributed by atoms with van der Waals surface area (Å²) in [5.74, 6) is 0.713. The van der Waals surface area contributed by atoms with Crippen molar-refractivity contribution in [2.24, 2.45) is 5.10 Å². The predicted molar refractivity (Wildman–Crippen MR) is 130 cm³/mol. The molecule has 0 aliphatic rings. The minimum absolute atomic E-state index is 0.176. The van der Waals surface area contributed by atoms with Crippen LogP contribution in [0.1, 0.15) is 11.1 Å². The van der Waals surface area contributed by atoms with E-state index in [2.05, 4.69) is 47.4 Å². The van der Waals surface area contributed by atoms with Gasteiger partial charge in [-0.15, -0.1) is 6.58 Å². The van der Waals surface area contributed by atoms with Crippen molar-refractivity contribution in [3.63, 3.8) is 0 Å². The molecule has 5 heteroatoms. The SMILES string of the molecule is C=CCc1ccc(OCC(=O)N/N=C/c2c3ccccc3cc3ccccc23)c(OC)c1. The molecule has 0 spiro atoms. The molecule has 0 unspecified atom stereocenters. The van der Waals surface area contributed by atoms with Gasteiger partial charge in [0.1, 0.15) is 0 Å². The molecule has 0 aliphatic carbocycles. The summed E-state index contributed by atoms with van der Waals surface area (Å²) in [6.45, 7) is 3.56. The van der Waals surface area contributed by atoms with E-state index in [-0.39, 0.29) is 12.5 Å². The Balaban J connectivity index is 1.47. The number of hydrogen-bond acceptors (Lipinski definition) is 4. The van der Waals surface area contributed by atoms with Gasteiger partial charge >= 0.3 is 0 Å². The first-order valence-electron chi connectivity index (χ1n) is 10.3. The van der Waals surface area contributed by atoms with Crippen molar-refractivity contribution in [1.29, 1.82) is 0 Å². The standard InChI is InChI=1S/C27H24N2O3/c1-3-8-19-13-14-25(26(15-19)31-2)32-18-27(30)29-28-17-24-22-11-6-4-9-20(22)16-21-10-5-7-12-23(21)24/h3-7,9-17H,1,8,18H2,2H3,(H,29,30)/b28-17+. The molecule has 0 heterocycles. The minimum atomic E-state index is -0.358. The Morgan fingerprint density at radius 2 is 1.66 bits per heavy atom. The van der Waals surface area contributed by atoms with Gasteiger partial charge in [0.05, 0.1) is 13.3 Å². The third kappa shape index (κ3) is 4.62. The van der Waals surface area contributed by atoms with Gasteiger partial charge in [-0.3, -0.25) is 4.79 Å². The number of hydrazone groups is 1. The summed E-state index contributed by atoms with van der Waals surface area (Å²) < 4.78 is 11.0.